The van der Waals surface area contributed by atoms with Gasteiger partial charge in [0.05, 0.1) is 29.5 Å². The first-order valence-corrected chi connectivity index (χ1v) is 10.0. The lowest BCUT2D eigenvalue weighted by atomic mass is 10.0. The molecular formula is C23H25N5O2. The van der Waals surface area contributed by atoms with E-state index in [1.807, 2.05) is 79.2 Å². The molecular weight excluding hydrogens is 378 g/mol. The molecule has 1 aromatic heterocycles. The second kappa shape index (κ2) is 8.41. The first-order chi connectivity index (χ1) is 14.5. The maximum atomic E-state index is 13.3. The van der Waals surface area contributed by atoms with Crippen LogP contribution < -0.4 is 10.6 Å². The number of carbonyl (C=O) groups is 2. The third-order valence-corrected chi connectivity index (χ3v) is 5.26. The summed E-state index contributed by atoms with van der Waals surface area (Å²) in [5, 5.41) is 10.5. The fourth-order valence-corrected chi connectivity index (χ4v) is 3.87. The Bertz CT molecular complexity index is 1060. The van der Waals surface area contributed by atoms with Gasteiger partial charge in [-0.1, -0.05) is 42.5 Å². The highest BCUT2D eigenvalue weighted by Crippen LogP contribution is 2.28. The third-order valence-electron chi connectivity index (χ3n) is 5.26. The number of carbonyl (C=O) groups excluding carboxylic acids is 2. The van der Waals surface area contributed by atoms with Crippen LogP contribution in [0, 0.1) is 13.8 Å². The number of nitrogens with one attached hydrogen (secondary N) is 2. The van der Waals surface area contributed by atoms with Crippen LogP contribution in [0.4, 0.5) is 10.5 Å². The topological polar surface area (TPSA) is 79.3 Å². The first-order valence-electron chi connectivity index (χ1n) is 10.0. The van der Waals surface area contributed by atoms with Crippen molar-refractivity contribution >= 4 is 17.6 Å². The number of nitrogens with zero attached hydrogens (tertiary/aromatic N) is 3. The summed E-state index contributed by atoms with van der Waals surface area (Å²) in [6.07, 6.45) is 0.233. The Morgan fingerprint density at radius 3 is 2.57 bits per heavy atom. The normalized spacial score (nSPS) is 16.7. The van der Waals surface area contributed by atoms with Crippen LogP contribution in [-0.2, 0) is 4.79 Å². The summed E-state index contributed by atoms with van der Waals surface area (Å²) in [4.78, 5) is 27.2. The van der Waals surface area contributed by atoms with E-state index >= 15 is 0 Å². The lowest BCUT2D eigenvalue weighted by Crippen LogP contribution is -2.39. The quantitative estimate of drug-likeness (QED) is 0.702. The second-order valence-electron chi connectivity index (χ2n) is 7.46. The Balaban J connectivity index is 1.64. The van der Waals surface area contributed by atoms with Crippen molar-refractivity contribution in [3.63, 3.8) is 0 Å². The molecule has 0 aliphatic carbocycles. The average Bonchev–Trinajstić information content (AvgIpc) is 2.95. The molecule has 4 rings (SSSR count). The molecule has 1 fully saturated rings. The molecule has 1 atom stereocenters. The molecule has 154 valence electrons. The minimum absolute atomic E-state index is 0.0535. The molecule has 3 amide bonds. The fraction of sp³-hybridized carbons (Fsp3) is 0.261. The van der Waals surface area contributed by atoms with E-state index in [2.05, 4.69) is 15.7 Å². The van der Waals surface area contributed by atoms with Crippen LogP contribution in [-0.4, -0.2) is 39.7 Å². The van der Waals surface area contributed by atoms with Crippen molar-refractivity contribution in [3.8, 4) is 5.69 Å². The van der Waals surface area contributed by atoms with Crippen LogP contribution in [0.2, 0.25) is 0 Å². The van der Waals surface area contributed by atoms with Gasteiger partial charge in [-0.05, 0) is 37.6 Å². The first kappa shape index (κ1) is 19.7. The van der Waals surface area contributed by atoms with Gasteiger partial charge >= 0.3 is 6.03 Å². The zero-order valence-corrected chi connectivity index (χ0v) is 17.1. The zero-order valence-electron chi connectivity index (χ0n) is 17.1. The van der Waals surface area contributed by atoms with Gasteiger partial charge in [0.15, 0.2) is 0 Å². The van der Waals surface area contributed by atoms with Crippen LogP contribution >= 0.6 is 0 Å². The number of benzene rings is 2. The maximum absolute atomic E-state index is 13.3. The van der Waals surface area contributed by atoms with E-state index < -0.39 is 0 Å². The van der Waals surface area contributed by atoms with Gasteiger partial charge in [-0.2, -0.15) is 5.10 Å². The Kier molecular flexibility index (Phi) is 5.52. The third kappa shape index (κ3) is 4.05. The molecule has 7 heteroatoms. The molecule has 0 spiro atoms. The summed E-state index contributed by atoms with van der Waals surface area (Å²) in [5.41, 5.74) is 4.31. The minimum atomic E-state index is -0.324. The van der Waals surface area contributed by atoms with Crippen LogP contribution in [0.5, 0.6) is 0 Å². The number of urea groups is 1. The van der Waals surface area contributed by atoms with Crippen LogP contribution in [0.3, 0.4) is 0 Å². The molecule has 0 bridgehead atoms. The van der Waals surface area contributed by atoms with E-state index in [-0.39, 0.29) is 24.4 Å². The highest BCUT2D eigenvalue weighted by Gasteiger charge is 2.30. The predicted molar refractivity (Wildman–Crippen MR) is 116 cm³/mol. The summed E-state index contributed by atoms with van der Waals surface area (Å²) >= 11 is 0. The Morgan fingerprint density at radius 1 is 1.10 bits per heavy atom. The molecule has 0 saturated carbocycles. The molecule has 1 saturated heterocycles. The van der Waals surface area contributed by atoms with Crippen molar-refractivity contribution in [1.29, 1.82) is 0 Å². The molecule has 0 radical (unpaired) electrons. The number of aromatic nitrogens is 2. The van der Waals surface area contributed by atoms with Crippen molar-refractivity contribution in [2.45, 2.75) is 26.3 Å². The van der Waals surface area contributed by atoms with Gasteiger partial charge in [-0.3, -0.25) is 4.79 Å². The number of hydrogen-bond acceptors (Lipinski definition) is 3. The summed E-state index contributed by atoms with van der Waals surface area (Å²) in [6, 6.07) is 18.7. The maximum Gasteiger partial charge on any atom is 0.322 e. The van der Waals surface area contributed by atoms with Gasteiger partial charge in [-0.15, -0.1) is 0 Å². The number of anilines is 1. The number of para-hydroxylation sites is 2. The largest absolute Gasteiger partial charge is 0.354 e. The second-order valence-corrected chi connectivity index (χ2v) is 7.46. The zero-order chi connectivity index (χ0) is 21.1. The number of amides is 3. The number of aryl methyl sites for hydroxylation is 2. The highest BCUT2D eigenvalue weighted by atomic mass is 16.2. The van der Waals surface area contributed by atoms with E-state index in [0.29, 0.717) is 18.8 Å². The van der Waals surface area contributed by atoms with Crippen LogP contribution in [0.1, 0.15) is 29.4 Å². The molecule has 2 N–H and O–H groups in total. The molecule has 0 unspecified atom stereocenters. The van der Waals surface area contributed by atoms with Crippen molar-refractivity contribution in [3.05, 3.63) is 77.6 Å². The van der Waals surface area contributed by atoms with Gasteiger partial charge < -0.3 is 15.5 Å². The molecule has 30 heavy (non-hydrogen) atoms. The van der Waals surface area contributed by atoms with Gasteiger partial charge in [0, 0.05) is 18.8 Å². The molecule has 7 nitrogen and oxygen atoms in total. The lowest BCUT2D eigenvalue weighted by Gasteiger charge is -2.30. The number of rotatable bonds is 3. The van der Waals surface area contributed by atoms with E-state index in [1.54, 1.807) is 4.90 Å². The summed E-state index contributed by atoms with van der Waals surface area (Å²) in [5.74, 6) is -0.0535. The van der Waals surface area contributed by atoms with Crippen LogP contribution in [0.15, 0.2) is 60.7 Å². The van der Waals surface area contributed by atoms with Gasteiger partial charge in [0.25, 0.3) is 0 Å². The van der Waals surface area contributed by atoms with E-state index in [0.717, 1.165) is 22.6 Å². The highest BCUT2D eigenvalue weighted by molar-refractivity contribution is 5.92. The monoisotopic (exact) mass is 403 g/mol. The van der Waals surface area contributed by atoms with E-state index in [4.69, 9.17) is 0 Å². The van der Waals surface area contributed by atoms with Crippen molar-refractivity contribution < 1.29 is 9.59 Å². The van der Waals surface area contributed by atoms with E-state index in [1.165, 1.54) is 0 Å². The average molecular weight is 403 g/mol. The standard InChI is InChI=1S/C23H25N5O2/c1-16-14-17(2)28(26-16)20-11-7-6-10-19(20)25-23(30)27-13-12-24-22(29)15-21(27)18-8-4-3-5-9-18/h3-11,14,21H,12-13,15H2,1-2H3,(H,24,29)(H,25,30)/t21-/m0/s1. The predicted octanol–water partition coefficient (Wildman–Crippen LogP) is 3.58. The summed E-state index contributed by atoms with van der Waals surface area (Å²) < 4.78 is 1.83. The van der Waals surface area contributed by atoms with Gasteiger partial charge in [-0.25, -0.2) is 9.48 Å². The summed E-state index contributed by atoms with van der Waals surface area (Å²) in [7, 11) is 0. The van der Waals surface area contributed by atoms with Gasteiger partial charge in [0.2, 0.25) is 5.91 Å². The molecule has 2 aromatic carbocycles. The summed E-state index contributed by atoms with van der Waals surface area (Å²) in [6.45, 7) is 4.78. The Morgan fingerprint density at radius 2 is 1.83 bits per heavy atom. The molecule has 3 aromatic rings. The minimum Gasteiger partial charge on any atom is -0.354 e. The SMILES string of the molecule is Cc1cc(C)n(-c2ccccc2NC(=O)N2CCNC(=O)C[C@H]2c2ccccc2)n1. The van der Waals surface area contributed by atoms with Crippen molar-refractivity contribution in [2.24, 2.45) is 0 Å². The smallest absolute Gasteiger partial charge is 0.322 e. The Hall–Kier alpha value is -3.61. The molecule has 2 heterocycles. The molecule has 1 aliphatic heterocycles. The number of hydrogen-bond donors (Lipinski definition) is 2. The van der Waals surface area contributed by atoms with Crippen molar-refractivity contribution in [2.75, 3.05) is 18.4 Å². The van der Waals surface area contributed by atoms with E-state index in [9.17, 15) is 9.59 Å². The van der Waals surface area contributed by atoms with Crippen molar-refractivity contribution in [1.82, 2.24) is 20.0 Å². The fourth-order valence-electron chi connectivity index (χ4n) is 3.87. The molecule has 1 aliphatic rings. The lowest BCUT2D eigenvalue weighted by molar-refractivity contribution is -0.121. The van der Waals surface area contributed by atoms with Gasteiger partial charge in [0.1, 0.15) is 0 Å². The Labute approximate surface area is 175 Å². The van der Waals surface area contributed by atoms with Crippen LogP contribution in [0.25, 0.3) is 5.69 Å².